The molecule has 1 aliphatic rings. The maximum Gasteiger partial charge on any atom is 0.248 e. The Morgan fingerprint density at radius 3 is 2.63 bits per heavy atom. The second-order valence-electron chi connectivity index (χ2n) is 6.97. The minimum Gasteiger partial charge on any atom is -0.493 e. The lowest BCUT2D eigenvalue weighted by molar-refractivity contribution is -0.0660. The lowest BCUT2D eigenvalue weighted by atomic mass is 9.83. The van der Waals surface area contributed by atoms with Crippen LogP contribution in [0.3, 0.4) is 0 Å². The van der Waals surface area contributed by atoms with E-state index < -0.39 is 34.3 Å². The molecule has 1 aliphatic carbocycles. The highest BCUT2D eigenvalue weighted by Gasteiger charge is 2.42. The average Bonchev–Trinajstić information content (AvgIpc) is 3.01. The van der Waals surface area contributed by atoms with Gasteiger partial charge in [-0.2, -0.15) is 0 Å². The number of ether oxygens (including phenoxy) is 1. The van der Waals surface area contributed by atoms with Gasteiger partial charge in [-0.1, -0.05) is 0 Å². The second-order valence-corrected chi connectivity index (χ2v) is 9.98. The number of benzene rings is 1. The van der Waals surface area contributed by atoms with Crippen molar-refractivity contribution in [1.82, 2.24) is 9.71 Å². The summed E-state index contributed by atoms with van der Waals surface area (Å²) in [4.78, 5) is 5.44. The van der Waals surface area contributed by atoms with Crippen LogP contribution in [0.5, 0.6) is 5.75 Å². The topological polar surface area (TPSA) is 68.3 Å². The third-order valence-electron chi connectivity index (χ3n) is 4.50. The minimum absolute atomic E-state index is 0.0263. The molecule has 148 valence electrons. The molecule has 1 fully saturated rings. The van der Waals surface area contributed by atoms with Gasteiger partial charge in [0.05, 0.1) is 12.9 Å². The molecule has 0 spiro atoms. The number of hydrogen-bond acceptors (Lipinski definition) is 5. The number of hydrogen-bond donors (Lipinski definition) is 1. The van der Waals surface area contributed by atoms with E-state index in [-0.39, 0.29) is 19.4 Å². The van der Waals surface area contributed by atoms with Gasteiger partial charge >= 0.3 is 0 Å². The number of aryl methyl sites for hydroxylation is 1. The molecule has 1 aromatic carbocycles. The molecule has 0 bridgehead atoms. The van der Waals surface area contributed by atoms with Crippen molar-refractivity contribution in [2.24, 2.45) is 5.92 Å². The fourth-order valence-electron chi connectivity index (χ4n) is 3.22. The van der Waals surface area contributed by atoms with E-state index in [0.717, 1.165) is 21.7 Å². The molecule has 3 rings (SSSR count). The van der Waals surface area contributed by atoms with Crippen molar-refractivity contribution in [3.63, 3.8) is 0 Å². The predicted octanol–water partition coefficient (Wildman–Crippen LogP) is 3.85. The van der Waals surface area contributed by atoms with Gasteiger partial charge in [-0.05, 0) is 37.6 Å². The predicted molar refractivity (Wildman–Crippen MR) is 102 cm³/mol. The molecule has 1 heterocycles. The highest BCUT2D eigenvalue weighted by atomic mass is 32.2. The van der Waals surface area contributed by atoms with E-state index in [2.05, 4.69) is 9.71 Å². The molecule has 9 heteroatoms. The second kappa shape index (κ2) is 7.81. The van der Waals surface area contributed by atoms with Gasteiger partial charge in [-0.25, -0.2) is 26.9 Å². The van der Waals surface area contributed by atoms with Crippen LogP contribution < -0.4 is 9.46 Å². The molecular formula is C18H22F2N2O3S2. The van der Waals surface area contributed by atoms with Gasteiger partial charge in [0.25, 0.3) is 0 Å². The van der Waals surface area contributed by atoms with Gasteiger partial charge in [-0.15, -0.1) is 11.3 Å². The van der Waals surface area contributed by atoms with Crippen LogP contribution in [0.25, 0.3) is 10.6 Å². The molecule has 1 N–H and O–H groups in total. The molecule has 27 heavy (non-hydrogen) atoms. The Labute approximate surface area is 161 Å². The summed E-state index contributed by atoms with van der Waals surface area (Å²) in [5, 5.41) is 0.906. The molecule has 1 aromatic heterocycles. The van der Waals surface area contributed by atoms with Gasteiger partial charge < -0.3 is 4.74 Å². The number of rotatable bonds is 6. The zero-order valence-electron chi connectivity index (χ0n) is 15.1. The average molecular weight is 417 g/mol. The van der Waals surface area contributed by atoms with E-state index in [1.54, 1.807) is 23.5 Å². The van der Waals surface area contributed by atoms with Crippen LogP contribution >= 0.6 is 11.3 Å². The van der Waals surface area contributed by atoms with E-state index >= 15 is 0 Å². The van der Waals surface area contributed by atoms with Crippen LogP contribution in [0, 0.1) is 12.8 Å². The molecule has 2 atom stereocenters. The summed E-state index contributed by atoms with van der Waals surface area (Å²) in [5.41, 5.74) is 0.960. The summed E-state index contributed by atoms with van der Waals surface area (Å²) in [6.07, 6.45) is 2.23. The first kappa shape index (κ1) is 20.2. The smallest absolute Gasteiger partial charge is 0.248 e. The highest BCUT2D eigenvalue weighted by Crippen LogP contribution is 2.37. The number of nitrogens with zero attached hydrogens (tertiary/aromatic N) is 1. The summed E-state index contributed by atoms with van der Waals surface area (Å²) in [6.45, 7) is 2.01. The van der Waals surface area contributed by atoms with E-state index in [4.69, 9.17) is 4.74 Å². The Bertz CT molecular complexity index is 882. The number of alkyl halides is 2. The molecule has 1 saturated carbocycles. The largest absolute Gasteiger partial charge is 0.493 e. The van der Waals surface area contributed by atoms with E-state index in [9.17, 15) is 17.2 Å². The van der Waals surface area contributed by atoms with Crippen LogP contribution in [0.1, 0.15) is 24.1 Å². The molecule has 0 amide bonds. The minimum atomic E-state index is -3.47. The number of aromatic nitrogens is 1. The van der Waals surface area contributed by atoms with E-state index in [0.29, 0.717) is 5.75 Å². The maximum absolute atomic E-state index is 13.8. The Balaban J connectivity index is 1.65. The Morgan fingerprint density at radius 1 is 1.33 bits per heavy atom. The van der Waals surface area contributed by atoms with Gasteiger partial charge in [0.2, 0.25) is 15.9 Å². The maximum atomic E-state index is 13.8. The standard InChI is InChI=1S/C18H22F2N2O3S2/c1-12-10-21-17(26-12)13-3-5-15(6-4-13)25-11-14-9-18(19,20)8-7-16(14)22-27(2,23)24/h3-6,10,14,16,22H,7-9,11H2,1-2H3/t14-,16+/m1/s1. The van der Waals surface area contributed by atoms with Crippen molar-refractivity contribution in [2.45, 2.75) is 38.2 Å². The highest BCUT2D eigenvalue weighted by molar-refractivity contribution is 7.88. The van der Waals surface area contributed by atoms with Crippen LogP contribution in [0.15, 0.2) is 30.5 Å². The first-order chi connectivity index (χ1) is 12.6. The summed E-state index contributed by atoms with van der Waals surface area (Å²) >= 11 is 1.59. The molecule has 5 nitrogen and oxygen atoms in total. The molecular weight excluding hydrogens is 394 g/mol. The van der Waals surface area contributed by atoms with Crippen molar-refractivity contribution in [2.75, 3.05) is 12.9 Å². The third kappa shape index (κ3) is 5.70. The normalized spacial score (nSPS) is 22.5. The molecule has 0 saturated heterocycles. The lowest BCUT2D eigenvalue weighted by Crippen LogP contribution is -2.48. The number of thiazole rings is 1. The molecule has 0 radical (unpaired) electrons. The van der Waals surface area contributed by atoms with Crippen molar-refractivity contribution in [1.29, 1.82) is 0 Å². The van der Waals surface area contributed by atoms with Crippen LogP contribution in [-0.4, -0.2) is 38.2 Å². The van der Waals surface area contributed by atoms with Gasteiger partial charge in [0.1, 0.15) is 10.8 Å². The van der Waals surface area contributed by atoms with Gasteiger partial charge in [-0.3, -0.25) is 0 Å². The Morgan fingerprint density at radius 2 is 2.04 bits per heavy atom. The SMILES string of the molecule is Cc1cnc(-c2ccc(OC[C@H]3CC(F)(F)CC[C@@H]3NS(C)(=O)=O)cc2)s1. The molecule has 0 aliphatic heterocycles. The van der Waals surface area contributed by atoms with Crippen LogP contribution in [-0.2, 0) is 10.0 Å². The van der Waals surface area contributed by atoms with E-state index in [1.165, 1.54) is 0 Å². The first-order valence-corrected chi connectivity index (χ1v) is 11.3. The zero-order chi connectivity index (χ0) is 19.7. The fraction of sp³-hybridized carbons (Fsp3) is 0.500. The third-order valence-corrected chi connectivity index (χ3v) is 6.20. The Hall–Kier alpha value is -1.58. The van der Waals surface area contributed by atoms with Crippen molar-refractivity contribution in [3.05, 3.63) is 35.3 Å². The van der Waals surface area contributed by atoms with Crippen LogP contribution in [0.2, 0.25) is 0 Å². The first-order valence-electron chi connectivity index (χ1n) is 8.62. The monoisotopic (exact) mass is 416 g/mol. The summed E-state index contributed by atoms with van der Waals surface area (Å²) in [7, 11) is -3.47. The summed E-state index contributed by atoms with van der Waals surface area (Å²) < 4.78 is 58.8. The number of halogens is 2. The zero-order valence-corrected chi connectivity index (χ0v) is 16.7. The van der Waals surface area contributed by atoms with Crippen molar-refractivity contribution in [3.8, 4) is 16.3 Å². The quantitative estimate of drug-likeness (QED) is 0.777. The summed E-state index contributed by atoms with van der Waals surface area (Å²) in [5.74, 6) is -2.83. The van der Waals surface area contributed by atoms with Gasteiger partial charge in [0.15, 0.2) is 0 Å². The fourth-order valence-corrected chi connectivity index (χ4v) is 4.85. The van der Waals surface area contributed by atoms with Crippen molar-refractivity contribution < 1.29 is 21.9 Å². The lowest BCUT2D eigenvalue weighted by Gasteiger charge is -2.35. The number of sulfonamides is 1. The number of nitrogens with one attached hydrogen (secondary N) is 1. The molecule has 0 unspecified atom stereocenters. The van der Waals surface area contributed by atoms with Crippen molar-refractivity contribution >= 4 is 21.4 Å². The van der Waals surface area contributed by atoms with E-state index in [1.807, 2.05) is 25.3 Å². The Kier molecular flexibility index (Phi) is 5.83. The van der Waals surface area contributed by atoms with Crippen LogP contribution in [0.4, 0.5) is 8.78 Å². The van der Waals surface area contributed by atoms with Gasteiger partial charge in [0, 0.05) is 41.4 Å². The summed E-state index contributed by atoms with van der Waals surface area (Å²) in [6, 6.07) is 6.74. The molecule has 2 aromatic rings.